The average molecular weight is 289 g/mol. The molecule has 1 N–H and O–H groups in total. The quantitative estimate of drug-likeness (QED) is 0.838. The van der Waals surface area contributed by atoms with Gasteiger partial charge < -0.3 is 9.84 Å². The van der Waals surface area contributed by atoms with Crippen molar-refractivity contribution in [3.05, 3.63) is 46.8 Å². The van der Waals surface area contributed by atoms with E-state index in [0.717, 1.165) is 5.56 Å². The van der Waals surface area contributed by atoms with Crippen LogP contribution in [0.1, 0.15) is 39.0 Å². The van der Waals surface area contributed by atoms with Gasteiger partial charge in [-0.25, -0.2) is 14.3 Å². The fourth-order valence-electron chi connectivity index (χ4n) is 1.82. The lowest BCUT2D eigenvalue weighted by atomic mass is 10.1. The number of carboxylic acids is 1. The first-order chi connectivity index (χ1) is 10.0. The van der Waals surface area contributed by atoms with Gasteiger partial charge in [-0.3, -0.25) is 0 Å². The highest BCUT2D eigenvalue weighted by Crippen LogP contribution is 2.10. The zero-order valence-electron chi connectivity index (χ0n) is 11.7. The SMILES string of the molecule is CCOC(=O)c1nnn(Cc2ccc(C(=O)O)cc2)c1C. The van der Waals surface area contributed by atoms with Gasteiger partial charge in [0.1, 0.15) is 0 Å². The van der Waals surface area contributed by atoms with Crippen molar-refractivity contribution in [3.8, 4) is 0 Å². The molecule has 1 heterocycles. The van der Waals surface area contributed by atoms with Gasteiger partial charge in [0.2, 0.25) is 0 Å². The topological polar surface area (TPSA) is 94.3 Å². The van der Waals surface area contributed by atoms with Crippen LogP contribution in [0, 0.1) is 6.92 Å². The molecule has 0 aliphatic carbocycles. The zero-order chi connectivity index (χ0) is 15.4. The number of carbonyl (C=O) groups is 2. The number of hydrogen-bond donors (Lipinski definition) is 1. The second-order valence-electron chi connectivity index (χ2n) is 4.40. The van der Waals surface area contributed by atoms with Crippen molar-refractivity contribution in [1.82, 2.24) is 15.0 Å². The molecule has 0 spiro atoms. The summed E-state index contributed by atoms with van der Waals surface area (Å²) < 4.78 is 6.47. The molecule has 110 valence electrons. The van der Waals surface area contributed by atoms with Gasteiger partial charge in [-0.1, -0.05) is 17.3 Å². The van der Waals surface area contributed by atoms with Crippen molar-refractivity contribution in [2.45, 2.75) is 20.4 Å². The van der Waals surface area contributed by atoms with Crippen LogP contribution in [0.2, 0.25) is 0 Å². The molecular formula is C14H15N3O4. The zero-order valence-corrected chi connectivity index (χ0v) is 11.7. The highest BCUT2D eigenvalue weighted by Gasteiger charge is 2.17. The van der Waals surface area contributed by atoms with Gasteiger partial charge >= 0.3 is 11.9 Å². The molecule has 0 aliphatic rings. The number of carboxylic acid groups (broad SMARTS) is 1. The van der Waals surface area contributed by atoms with Crippen LogP contribution in [0.5, 0.6) is 0 Å². The fraction of sp³-hybridized carbons (Fsp3) is 0.286. The Morgan fingerprint density at radius 1 is 1.29 bits per heavy atom. The Labute approximate surface area is 121 Å². The van der Waals surface area contributed by atoms with Gasteiger partial charge in [0.15, 0.2) is 5.69 Å². The molecule has 0 bridgehead atoms. The van der Waals surface area contributed by atoms with E-state index in [2.05, 4.69) is 10.3 Å². The Hall–Kier alpha value is -2.70. The second-order valence-corrected chi connectivity index (χ2v) is 4.40. The molecule has 0 saturated carbocycles. The van der Waals surface area contributed by atoms with Crippen LogP contribution in [0.4, 0.5) is 0 Å². The van der Waals surface area contributed by atoms with E-state index < -0.39 is 11.9 Å². The van der Waals surface area contributed by atoms with E-state index in [1.807, 2.05) is 0 Å². The minimum absolute atomic E-state index is 0.194. The molecule has 0 radical (unpaired) electrons. The molecule has 21 heavy (non-hydrogen) atoms. The van der Waals surface area contributed by atoms with Gasteiger partial charge in [-0.2, -0.15) is 0 Å². The number of ether oxygens (including phenoxy) is 1. The van der Waals surface area contributed by atoms with Gasteiger partial charge in [0.05, 0.1) is 24.4 Å². The Morgan fingerprint density at radius 2 is 1.95 bits per heavy atom. The average Bonchev–Trinajstić information content (AvgIpc) is 2.81. The summed E-state index contributed by atoms with van der Waals surface area (Å²) in [6.07, 6.45) is 0. The van der Waals surface area contributed by atoms with Gasteiger partial charge in [0.25, 0.3) is 0 Å². The summed E-state index contributed by atoms with van der Waals surface area (Å²) in [6.45, 7) is 4.14. The molecule has 7 heteroatoms. The molecule has 0 atom stereocenters. The maximum Gasteiger partial charge on any atom is 0.360 e. The lowest BCUT2D eigenvalue weighted by molar-refractivity contribution is 0.0518. The predicted octanol–water partition coefficient (Wildman–Crippen LogP) is 1.51. The maximum absolute atomic E-state index is 11.6. The van der Waals surface area contributed by atoms with E-state index in [9.17, 15) is 9.59 Å². The van der Waals surface area contributed by atoms with E-state index in [1.165, 1.54) is 12.1 Å². The van der Waals surface area contributed by atoms with Crippen LogP contribution in [-0.4, -0.2) is 38.6 Å². The van der Waals surface area contributed by atoms with Crippen molar-refractivity contribution in [1.29, 1.82) is 0 Å². The summed E-state index contributed by atoms with van der Waals surface area (Å²) >= 11 is 0. The highest BCUT2D eigenvalue weighted by atomic mass is 16.5. The number of nitrogens with zero attached hydrogens (tertiary/aromatic N) is 3. The van der Waals surface area contributed by atoms with Crippen LogP contribution in [0.15, 0.2) is 24.3 Å². The molecule has 2 rings (SSSR count). The van der Waals surface area contributed by atoms with Crippen molar-refractivity contribution < 1.29 is 19.4 Å². The van der Waals surface area contributed by atoms with Crippen molar-refractivity contribution in [3.63, 3.8) is 0 Å². The minimum Gasteiger partial charge on any atom is -0.478 e. The summed E-state index contributed by atoms with van der Waals surface area (Å²) in [7, 11) is 0. The van der Waals surface area contributed by atoms with Crippen molar-refractivity contribution in [2.24, 2.45) is 0 Å². The van der Waals surface area contributed by atoms with Crippen LogP contribution in [0.3, 0.4) is 0 Å². The summed E-state index contributed by atoms with van der Waals surface area (Å²) in [4.78, 5) is 22.4. The number of benzene rings is 1. The van der Waals surface area contributed by atoms with Crippen LogP contribution in [-0.2, 0) is 11.3 Å². The summed E-state index contributed by atoms with van der Waals surface area (Å²) in [5.74, 6) is -1.47. The molecule has 1 aromatic heterocycles. The molecule has 1 aromatic carbocycles. The smallest absolute Gasteiger partial charge is 0.360 e. The lowest BCUT2D eigenvalue weighted by Crippen LogP contribution is -2.09. The number of esters is 1. The van der Waals surface area contributed by atoms with Gasteiger partial charge in [-0.15, -0.1) is 5.10 Å². The molecule has 0 fully saturated rings. The van der Waals surface area contributed by atoms with E-state index in [-0.39, 0.29) is 17.9 Å². The third-order valence-corrected chi connectivity index (χ3v) is 2.98. The van der Waals surface area contributed by atoms with Crippen LogP contribution >= 0.6 is 0 Å². The highest BCUT2D eigenvalue weighted by molar-refractivity contribution is 5.88. The van der Waals surface area contributed by atoms with Crippen molar-refractivity contribution >= 4 is 11.9 Å². The third-order valence-electron chi connectivity index (χ3n) is 2.98. The van der Waals surface area contributed by atoms with Gasteiger partial charge in [-0.05, 0) is 31.5 Å². The fourth-order valence-corrected chi connectivity index (χ4v) is 1.82. The largest absolute Gasteiger partial charge is 0.478 e. The first-order valence-electron chi connectivity index (χ1n) is 6.42. The number of aromatic carboxylic acids is 1. The first-order valence-corrected chi connectivity index (χ1v) is 6.42. The second kappa shape index (κ2) is 6.17. The Kier molecular flexibility index (Phi) is 4.32. The maximum atomic E-state index is 11.6. The summed E-state index contributed by atoms with van der Waals surface area (Å²) in [6, 6.07) is 6.45. The van der Waals surface area contributed by atoms with Crippen LogP contribution < -0.4 is 0 Å². The number of rotatable bonds is 5. The summed E-state index contributed by atoms with van der Waals surface area (Å²) in [5.41, 5.74) is 1.89. The number of aromatic nitrogens is 3. The Morgan fingerprint density at radius 3 is 2.52 bits per heavy atom. The lowest BCUT2D eigenvalue weighted by Gasteiger charge is -2.04. The van der Waals surface area contributed by atoms with Gasteiger partial charge in [0, 0.05) is 0 Å². The predicted molar refractivity (Wildman–Crippen MR) is 73.2 cm³/mol. The van der Waals surface area contributed by atoms with E-state index >= 15 is 0 Å². The molecule has 0 amide bonds. The molecule has 2 aromatic rings. The monoisotopic (exact) mass is 289 g/mol. The number of hydrogen-bond acceptors (Lipinski definition) is 5. The molecule has 0 aliphatic heterocycles. The van der Waals surface area contributed by atoms with Crippen LogP contribution in [0.25, 0.3) is 0 Å². The Bertz CT molecular complexity index is 661. The summed E-state index contributed by atoms with van der Waals surface area (Å²) in [5, 5.41) is 16.6. The van der Waals surface area contributed by atoms with E-state index in [1.54, 1.807) is 30.7 Å². The first kappa shape index (κ1) is 14.7. The molecule has 0 saturated heterocycles. The molecule has 7 nitrogen and oxygen atoms in total. The minimum atomic E-state index is -0.969. The Balaban J connectivity index is 2.16. The van der Waals surface area contributed by atoms with E-state index in [4.69, 9.17) is 9.84 Å². The molecule has 0 unspecified atom stereocenters. The number of carbonyl (C=O) groups excluding carboxylic acids is 1. The van der Waals surface area contributed by atoms with E-state index in [0.29, 0.717) is 12.2 Å². The third kappa shape index (κ3) is 3.25. The molecular weight excluding hydrogens is 274 g/mol. The standard InChI is InChI=1S/C14H15N3O4/c1-3-21-14(20)12-9(2)17(16-15-12)8-10-4-6-11(7-5-10)13(18)19/h4-7H,3,8H2,1-2H3,(H,18,19). The van der Waals surface area contributed by atoms with Crippen molar-refractivity contribution in [2.75, 3.05) is 6.61 Å². The normalized spacial score (nSPS) is 10.4.